The first-order valence-electron chi connectivity index (χ1n) is 10.1. The molecule has 0 amide bonds. The van der Waals surface area contributed by atoms with E-state index in [1.54, 1.807) is 7.11 Å². The first kappa shape index (κ1) is 22.4. The predicted octanol–water partition coefficient (Wildman–Crippen LogP) is 3.23. The minimum Gasteiger partial charge on any atom is -0.497 e. The van der Waals surface area contributed by atoms with Crippen LogP contribution in [-0.2, 0) is 9.53 Å². The van der Waals surface area contributed by atoms with Gasteiger partial charge < -0.3 is 24.8 Å². The number of carbonyl (C=O) groups excluding carboxylic acids is 1. The van der Waals surface area contributed by atoms with Crippen LogP contribution in [-0.4, -0.2) is 53.6 Å². The van der Waals surface area contributed by atoms with Crippen LogP contribution in [0.2, 0.25) is 0 Å². The van der Waals surface area contributed by atoms with Crippen molar-refractivity contribution in [1.82, 2.24) is 5.32 Å². The second-order valence-electron chi connectivity index (χ2n) is 7.92. The molecule has 6 atom stereocenters. The van der Waals surface area contributed by atoms with Crippen molar-refractivity contribution in [2.24, 2.45) is 5.92 Å². The van der Waals surface area contributed by atoms with Crippen LogP contribution in [0, 0.1) is 5.92 Å². The summed E-state index contributed by atoms with van der Waals surface area (Å²) in [6.07, 6.45) is 3.30. The van der Waals surface area contributed by atoms with Gasteiger partial charge in [-0.3, -0.25) is 4.79 Å². The van der Waals surface area contributed by atoms with Crippen LogP contribution < -0.4 is 15.0 Å². The zero-order chi connectivity index (χ0) is 21.3. The summed E-state index contributed by atoms with van der Waals surface area (Å²) in [5.74, 6) is 0.333. The molecule has 0 aromatic heterocycles. The van der Waals surface area contributed by atoms with Crippen molar-refractivity contribution in [3.8, 4) is 5.75 Å². The van der Waals surface area contributed by atoms with Gasteiger partial charge >= 0.3 is 5.97 Å². The maximum atomic E-state index is 12.0. The Hall–Kier alpha value is -1.32. The third-order valence-electron chi connectivity index (χ3n) is 6.28. The van der Waals surface area contributed by atoms with Gasteiger partial charge in [0.25, 0.3) is 0 Å². The van der Waals surface area contributed by atoms with E-state index in [0.717, 1.165) is 24.4 Å². The molecule has 0 aliphatic carbocycles. The lowest BCUT2D eigenvalue weighted by Crippen LogP contribution is -2.58. The topological polar surface area (TPSA) is 71.0 Å². The number of methoxy groups -OCH3 is 1. The summed E-state index contributed by atoms with van der Waals surface area (Å²) in [7, 11) is 3.65. The van der Waals surface area contributed by atoms with E-state index < -0.39 is 15.8 Å². The molecule has 2 heterocycles. The highest BCUT2D eigenvalue weighted by atomic mass is 127. The number of carbonyl (C=O) groups is 1. The van der Waals surface area contributed by atoms with Crippen molar-refractivity contribution in [2.75, 3.05) is 25.6 Å². The number of nitrogens with one attached hydrogen (secondary N) is 1. The van der Waals surface area contributed by atoms with Crippen molar-refractivity contribution in [3.05, 3.63) is 35.9 Å². The number of rotatable bonds is 3. The van der Waals surface area contributed by atoms with Crippen LogP contribution in [0.1, 0.15) is 38.7 Å². The molecular weight excluding hydrogens is 483 g/mol. The maximum Gasteiger partial charge on any atom is 0.303 e. The highest BCUT2D eigenvalue weighted by molar-refractivity contribution is 14.1. The third kappa shape index (κ3) is 3.88. The number of aliphatic hydroxyl groups excluding tert-OH is 1. The zero-order valence-electron chi connectivity index (χ0n) is 17.7. The smallest absolute Gasteiger partial charge is 0.303 e. The van der Waals surface area contributed by atoms with Crippen molar-refractivity contribution < 1.29 is 19.4 Å². The van der Waals surface area contributed by atoms with Crippen LogP contribution in [0.15, 0.2) is 30.4 Å². The average Bonchev–Trinajstić information content (AvgIpc) is 2.92. The predicted molar refractivity (Wildman–Crippen MR) is 123 cm³/mol. The van der Waals surface area contributed by atoms with Gasteiger partial charge in [-0.25, -0.2) is 0 Å². The molecule has 2 aliphatic rings. The number of hydrogen-bond donors (Lipinski definition) is 2. The first-order valence-corrected chi connectivity index (χ1v) is 11.2. The lowest BCUT2D eigenvalue weighted by Gasteiger charge is -2.44. The second-order valence-corrected chi connectivity index (χ2v) is 9.65. The van der Waals surface area contributed by atoms with E-state index in [9.17, 15) is 9.90 Å². The molecule has 29 heavy (non-hydrogen) atoms. The number of benzene rings is 1. The van der Waals surface area contributed by atoms with Gasteiger partial charge in [0, 0.05) is 43.6 Å². The summed E-state index contributed by atoms with van der Waals surface area (Å²) in [6.45, 7) is 6.24. The SMILES string of the molecule is C/C=C\C1C(C)NCC[C@@H]2c3ccc(OC)cc3N(C)C2(I)C(O)C1OC(C)=O. The Morgan fingerprint density at radius 1 is 1.45 bits per heavy atom. The molecule has 7 heteroatoms. The van der Waals surface area contributed by atoms with E-state index in [4.69, 9.17) is 9.47 Å². The van der Waals surface area contributed by atoms with E-state index in [1.807, 2.05) is 38.3 Å². The van der Waals surface area contributed by atoms with E-state index >= 15 is 0 Å². The van der Waals surface area contributed by atoms with Crippen LogP contribution in [0.25, 0.3) is 0 Å². The number of likely N-dealkylation sites (N-methyl/N-ethyl adjacent to an activating group) is 1. The monoisotopic (exact) mass is 514 g/mol. The van der Waals surface area contributed by atoms with E-state index in [0.29, 0.717) is 0 Å². The Morgan fingerprint density at radius 3 is 2.79 bits per heavy atom. The summed E-state index contributed by atoms with van der Waals surface area (Å²) in [6, 6.07) is 6.14. The summed E-state index contributed by atoms with van der Waals surface area (Å²) >= 11 is 2.37. The maximum absolute atomic E-state index is 12.0. The van der Waals surface area contributed by atoms with E-state index in [1.165, 1.54) is 12.5 Å². The number of anilines is 1. The van der Waals surface area contributed by atoms with Gasteiger partial charge in [0.1, 0.15) is 21.5 Å². The minimum atomic E-state index is -0.885. The second kappa shape index (κ2) is 8.81. The van der Waals surface area contributed by atoms with Crippen molar-refractivity contribution in [3.63, 3.8) is 0 Å². The van der Waals surface area contributed by atoms with Gasteiger partial charge in [0.2, 0.25) is 0 Å². The van der Waals surface area contributed by atoms with Gasteiger partial charge in [-0.2, -0.15) is 0 Å². The highest BCUT2D eigenvalue weighted by Crippen LogP contribution is 2.56. The number of aliphatic hydroxyl groups is 1. The fraction of sp³-hybridized carbons (Fsp3) is 0.591. The molecule has 2 N–H and O–H groups in total. The molecule has 0 spiro atoms. The van der Waals surface area contributed by atoms with Gasteiger partial charge in [-0.1, -0.05) is 40.8 Å². The summed E-state index contributed by atoms with van der Waals surface area (Å²) in [4.78, 5) is 14.1. The Kier molecular flexibility index (Phi) is 6.80. The Bertz CT molecular complexity index is 786. The molecule has 160 valence electrons. The standard InChI is InChI=1S/C22H31IN2O4/c1-6-7-16-13(2)24-11-10-18-17-9-8-15(28-5)12-19(17)25(4)22(18,23)21(27)20(16)29-14(3)26/h6-9,12-13,16,18,20-21,24,27H,10-11H2,1-5H3/b7-6-/t13?,16?,18-,20?,21?,22?/m1/s1. The minimum absolute atomic E-state index is 0.0599. The largest absolute Gasteiger partial charge is 0.497 e. The summed E-state index contributed by atoms with van der Waals surface area (Å²) in [5.41, 5.74) is 2.22. The number of allylic oxidation sites excluding steroid dienone is 1. The molecule has 6 nitrogen and oxygen atoms in total. The molecule has 5 unspecified atom stereocenters. The number of fused-ring (bicyclic) bond motifs is 3. The molecule has 1 aromatic rings. The van der Waals surface area contributed by atoms with Crippen molar-refractivity contribution >= 4 is 34.2 Å². The van der Waals surface area contributed by atoms with Gasteiger partial charge in [0.15, 0.2) is 0 Å². The Labute approximate surface area is 186 Å². The van der Waals surface area contributed by atoms with Gasteiger partial charge in [0.05, 0.1) is 7.11 Å². The average molecular weight is 514 g/mol. The number of ether oxygens (including phenoxy) is 2. The van der Waals surface area contributed by atoms with Crippen LogP contribution in [0.4, 0.5) is 5.69 Å². The molecule has 1 saturated heterocycles. The molecule has 3 rings (SSSR count). The third-order valence-corrected chi connectivity index (χ3v) is 8.39. The Balaban J connectivity index is 2.12. The normalized spacial score (nSPS) is 34.7. The number of halogens is 1. The number of hydrogen-bond acceptors (Lipinski definition) is 6. The lowest BCUT2D eigenvalue weighted by molar-refractivity contribution is -0.157. The summed E-state index contributed by atoms with van der Waals surface area (Å²) < 4.78 is 10.5. The number of alkyl halides is 1. The summed E-state index contributed by atoms with van der Waals surface area (Å²) in [5, 5.41) is 15.3. The van der Waals surface area contributed by atoms with Gasteiger partial charge in [-0.05, 0) is 38.4 Å². The molecule has 2 aliphatic heterocycles. The van der Waals surface area contributed by atoms with Crippen LogP contribution in [0.3, 0.4) is 0 Å². The van der Waals surface area contributed by atoms with Crippen molar-refractivity contribution in [1.29, 1.82) is 0 Å². The van der Waals surface area contributed by atoms with E-state index in [-0.39, 0.29) is 23.8 Å². The zero-order valence-corrected chi connectivity index (χ0v) is 19.8. The Morgan fingerprint density at radius 2 is 2.17 bits per heavy atom. The highest BCUT2D eigenvalue weighted by Gasteiger charge is 2.57. The number of nitrogens with zero attached hydrogens (tertiary/aromatic N) is 1. The quantitative estimate of drug-likeness (QED) is 0.212. The molecule has 1 aromatic carbocycles. The fourth-order valence-electron chi connectivity index (χ4n) is 4.78. The van der Waals surface area contributed by atoms with E-state index in [2.05, 4.69) is 45.8 Å². The molecule has 0 saturated carbocycles. The molecule has 1 fully saturated rings. The number of esters is 1. The van der Waals surface area contributed by atoms with Crippen LogP contribution >= 0.6 is 22.6 Å². The molecule has 0 radical (unpaired) electrons. The van der Waals surface area contributed by atoms with Crippen molar-refractivity contribution in [2.45, 2.75) is 54.9 Å². The van der Waals surface area contributed by atoms with Crippen LogP contribution in [0.5, 0.6) is 5.75 Å². The first-order chi connectivity index (χ1) is 13.7. The molecule has 0 bridgehead atoms. The lowest BCUT2D eigenvalue weighted by atomic mass is 9.83. The van der Waals surface area contributed by atoms with Gasteiger partial charge in [-0.15, -0.1) is 0 Å². The molecular formula is C22H31IN2O4. The fourth-order valence-corrected chi connectivity index (χ4v) is 6.05.